The molecule has 2 rings (SSSR count). The Hall–Kier alpha value is 0.0249. The number of rotatable bonds is 3. The van der Waals surface area contributed by atoms with Gasteiger partial charge in [0, 0.05) is 6.10 Å². The Bertz CT molecular complexity index is 207. The van der Waals surface area contributed by atoms with Crippen molar-refractivity contribution in [3.8, 4) is 0 Å². The second-order valence-electron chi connectivity index (χ2n) is 5.86. The largest absolute Gasteiger partial charge is 0.433 e. The van der Waals surface area contributed by atoms with Crippen molar-refractivity contribution in [2.24, 2.45) is 11.8 Å². The normalized spacial score (nSPS) is 41.0. The van der Waals surface area contributed by atoms with Gasteiger partial charge >= 0.3 is 0 Å². The molecular weight excluding hydrogens is 183 g/mol. The van der Waals surface area contributed by atoms with E-state index >= 15 is 0 Å². The van der Waals surface area contributed by atoms with Gasteiger partial charge in [0.2, 0.25) is 0 Å². The molecule has 0 bridgehead atoms. The van der Waals surface area contributed by atoms with Gasteiger partial charge in [-0.1, -0.05) is 46.4 Å². The summed E-state index contributed by atoms with van der Waals surface area (Å²) in [7, 11) is 0. The van der Waals surface area contributed by atoms with Crippen molar-refractivity contribution in [2.45, 2.75) is 71.1 Å². The van der Waals surface area contributed by atoms with Crippen molar-refractivity contribution in [1.29, 1.82) is 0 Å². The fourth-order valence-corrected chi connectivity index (χ4v) is 3.56. The molecule has 15 heavy (non-hydrogen) atoms. The third-order valence-electron chi connectivity index (χ3n) is 4.70. The molecule has 0 spiro atoms. The minimum Gasteiger partial charge on any atom is -0.433 e. The van der Waals surface area contributed by atoms with Crippen molar-refractivity contribution in [1.82, 2.24) is 0 Å². The third-order valence-corrected chi connectivity index (χ3v) is 4.70. The van der Waals surface area contributed by atoms with Crippen LogP contribution in [0.3, 0.4) is 0 Å². The van der Waals surface area contributed by atoms with Gasteiger partial charge in [0.15, 0.2) is 0 Å². The van der Waals surface area contributed by atoms with Gasteiger partial charge in [-0.3, -0.25) is 0 Å². The second kappa shape index (κ2) is 4.90. The maximum atomic E-state index is 6.28. The summed E-state index contributed by atoms with van der Waals surface area (Å²) in [6, 6.07) is 0. The summed E-state index contributed by atoms with van der Waals surface area (Å²) >= 11 is 0. The molecule has 4 unspecified atom stereocenters. The zero-order valence-electron chi connectivity index (χ0n) is 10.5. The van der Waals surface area contributed by atoms with Crippen LogP contribution in [-0.2, 0) is 4.65 Å². The highest BCUT2D eigenvalue weighted by Gasteiger charge is 2.35. The van der Waals surface area contributed by atoms with E-state index in [0.29, 0.717) is 13.0 Å². The molecular formula is C13H25BO. The molecule has 86 valence electrons. The first kappa shape index (κ1) is 11.5. The van der Waals surface area contributed by atoms with E-state index in [9.17, 15) is 0 Å². The highest BCUT2D eigenvalue weighted by Crippen LogP contribution is 2.40. The molecule has 2 aliphatic carbocycles. The van der Waals surface area contributed by atoms with Gasteiger partial charge in [-0.2, -0.15) is 0 Å². The van der Waals surface area contributed by atoms with Crippen LogP contribution >= 0.6 is 0 Å². The molecule has 2 heteroatoms. The van der Waals surface area contributed by atoms with E-state index in [1.54, 1.807) is 0 Å². The Kier molecular flexibility index (Phi) is 3.76. The predicted molar refractivity (Wildman–Crippen MR) is 66.3 cm³/mol. The monoisotopic (exact) mass is 208 g/mol. The van der Waals surface area contributed by atoms with Crippen LogP contribution in [0.25, 0.3) is 0 Å². The van der Waals surface area contributed by atoms with E-state index in [1.165, 1.54) is 38.5 Å². The molecule has 0 aromatic carbocycles. The van der Waals surface area contributed by atoms with Crippen LogP contribution in [0.15, 0.2) is 0 Å². The fourth-order valence-electron chi connectivity index (χ4n) is 3.56. The van der Waals surface area contributed by atoms with E-state index in [2.05, 4.69) is 20.7 Å². The zero-order chi connectivity index (χ0) is 10.8. The summed E-state index contributed by atoms with van der Waals surface area (Å²) in [5, 5.41) is 0. The summed E-state index contributed by atoms with van der Waals surface area (Å²) < 4.78 is 6.28. The van der Waals surface area contributed by atoms with Crippen molar-refractivity contribution >= 4 is 6.92 Å². The Morgan fingerprint density at radius 2 is 1.60 bits per heavy atom. The minimum atomic E-state index is 0.494. The first-order valence-corrected chi connectivity index (χ1v) is 6.84. The first-order valence-electron chi connectivity index (χ1n) is 6.84. The number of hydrogen-bond acceptors (Lipinski definition) is 1. The number of hydrogen-bond donors (Lipinski definition) is 0. The van der Waals surface area contributed by atoms with Gasteiger partial charge in [-0.25, -0.2) is 0 Å². The molecule has 0 aromatic rings. The summed E-state index contributed by atoms with van der Waals surface area (Å²) in [4.78, 5) is 0. The Morgan fingerprint density at radius 1 is 0.933 bits per heavy atom. The van der Waals surface area contributed by atoms with Gasteiger partial charge in [0.25, 0.3) is 6.92 Å². The standard InChI is InChI=1S/C13H25BO/c1-10-6-4-8-12(10)14(3)15-13-9-5-7-11(13)2/h10-13H,4-9H2,1-3H3. The molecule has 0 heterocycles. The lowest BCUT2D eigenvalue weighted by Gasteiger charge is -2.26. The second-order valence-corrected chi connectivity index (χ2v) is 5.86. The molecule has 0 amide bonds. The van der Waals surface area contributed by atoms with Gasteiger partial charge in [-0.15, -0.1) is 0 Å². The smallest absolute Gasteiger partial charge is 0.293 e. The van der Waals surface area contributed by atoms with Gasteiger partial charge < -0.3 is 4.65 Å². The molecule has 0 radical (unpaired) electrons. The lowest BCUT2D eigenvalue weighted by molar-refractivity contribution is 0.162. The molecule has 0 saturated heterocycles. The van der Waals surface area contributed by atoms with Crippen LogP contribution in [-0.4, -0.2) is 13.0 Å². The molecule has 1 nitrogen and oxygen atoms in total. The molecule has 4 atom stereocenters. The fraction of sp³-hybridized carbons (Fsp3) is 1.00. The van der Waals surface area contributed by atoms with Crippen LogP contribution in [0.2, 0.25) is 12.6 Å². The molecule has 0 N–H and O–H groups in total. The average molecular weight is 208 g/mol. The Morgan fingerprint density at radius 3 is 2.13 bits per heavy atom. The van der Waals surface area contributed by atoms with E-state index in [1.807, 2.05) is 0 Å². The lowest BCUT2D eigenvalue weighted by Crippen LogP contribution is -2.30. The van der Waals surface area contributed by atoms with Crippen molar-refractivity contribution in [3.05, 3.63) is 0 Å². The highest BCUT2D eigenvalue weighted by atomic mass is 16.4. The van der Waals surface area contributed by atoms with Gasteiger partial charge in [-0.05, 0) is 30.5 Å². The molecule has 0 aromatic heterocycles. The molecule has 2 fully saturated rings. The van der Waals surface area contributed by atoms with Gasteiger partial charge in [0.1, 0.15) is 0 Å². The Labute approximate surface area is 95.1 Å². The SMILES string of the molecule is CB(OC1CCCC1C)C1CCCC1C. The van der Waals surface area contributed by atoms with E-state index in [0.717, 1.165) is 17.7 Å². The van der Waals surface area contributed by atoms with Crippen LogP contribution < -0.4 is 0 Å². The predicted octanol–water partition coefficient (Wildman–Crippen LogP) is 4.00. The van der Waals surface area contributed by atoms with Crippen LogP contribution in [0.4, 0.5) is 0 Å². The third kappa shape index (κ3) is 2.58. The summed E-state index contributed by atoms with van der Waals surface area (Å²) in [5.74, 6) is 2.51. The van der Waals surface area contributed by atoms with Crippen LogP contribution in [0.5, 0.6) is 0 Å². The summed E-state index contributed by atoms with van der Waals surface area (Å²) in [6.07, 6.45) is 8.83. The van der Waals surface area contributed by atoms with E-state index < -0.39 is 0 Å². The maximum absolute atomic E-state index is 6.28. The Balaban J connectivity index is 1.83. The molecule has 2 saturated carbocycles. The quantitative estimate of drug-likeness (QED) is 0.637. The van der Waals surface area contributed by atoms with Crippen LogP contribution in [0.1, 0.15) is 52.4 Å². The van der Waals surface area contributed by atoms with Gasteiger partial charge in [0.05, 0.1) is 0 Å². The van der Waals surface area contributed by atoms with Crippen molar-refractivity contribution in [3.63, 3.8) is 0 Å². The minimum absolute atomic E-state index is 0.494. The first-order chi connectivity index (χ1) is 7.18. The van der Waals surface area contributed by atoms with E-state index in [4.69, 9.17) is 4.65 Å². The maximum Gasteiger partial charge on any atom is 0.293 e. The van der Waals surface area contributed by atoms with E-state index in [-0.39, 0.29) is 0 Å². The van der Waals surface area contributed by atoms with Crippen molar-refractivity contribution < 1.29 is 4.65 Å². The lowest BCUT2D eigenvalue weighted by atomic mass is 9.54. The summed E-state index contributed by atoms with van der Waals surface area (Å²) in [5.41, 5.74) is 0. The zero-order valence-corrected chi connectivity index (χ0v) is 10.5. The highest BCUT2D eigenvalue weighted by molar-refractivity contribution is 6.52. The molecule has 2 aliphatic rings. The average Bonchev–Trinajstić information content (AvgIpc) is 2.76. The van der Waals surface area contributed by atoms with Crippen molar-refractivity contribution in [2.75, 3.05) is 0 Å². The summed E-state index contributed by atoms with van der Waals surface area (Å²) in [6.45, 7) is 7.54. The molecule has 0 aliphatic heterocycles. The topological polar surface area (TPSA) is 9.23 Å². The van der Waals surface area contributed by atoms with Crippen LogP contribution in [0, 0.1) is 11.8 Å².